The molecule has 1 aliphatic rings. The van der Waals surface area contributed by atoms with Crippen LogP contribution in [0.1, 0.15) is 36.5 Å². The van der Waals surface area contributed by atoms with Crippen molar-refractivity contribution < 1.29 is 22.7 Å². The minimum Gasteiger partial charge on any atom is -0.497 e. The summed E-state index contributed by atoms with van der Waals surface area (Å²) in [5, 5.41) is 2.69. The van der Waals surface area contributed by atoms with Crippen LogP contribution in [0.2, 0.25) is 0 Å². The number of ether oxygens (including phenoxy) is 1. The van der Waals surface area contributed by atoms with Gasteiger partial charge in [0.25, 0.3) is 0 Å². The molecule has 0 bridgehead atoms. The van der Waals surface area contributed by atoms with E-state index in [4.69, 9.17) is 4.74 Å². The van der Waals surface area contributed by atoms with Crippen molar-refractivity contribution in [1.29, 1.82) is 0 Å². The van der Waals surface area contributed by atoms with Gasteiger partial charge < -0.3 is 10.1 Å². The maximum absolute atomic E-state index is 13.1. The normalized spacial score (nSPS) is 17.1. The van der Waals surface area contributed by atoms with Gasteiger partial charge in [0.1, 0.15) is 5.75 Å². The number of sulfonamides is 1. The van der Waals surface area contributed by atoms with Crippen LogP contribution in [0.25, 0.3) is 0 Å². The number of Topliss-reactive ketones (excluding diaryl/α,β-unsaturated/α-hetero) is 1. The zero-order valence-electron chi connectivity index (χ0n) is 16.4. The third-order valence-electron chi connectivity index (χ3n) is 4.95. The Hall–Kier alpha value is -2.71. The molecule has 2 aromatic carbocycles. The van der Waals surface area contributed by atoms with Gasteiger partial charge in [0.05, 0.1) is 18.0 Å². The van der Waals surface area contributed by atoms with Gasteiger partial charge in [0.2, 0.25) is 15.9 Å². The van der Waals surface area contributed by atoms with Gasteiger partial charge in [0, 0.05) is 24.2 Å². The first-order valence-corrected chi connectivity index (χ1v) is 10.9. The van der Waals surface area contributed by atoms with E-state index in [0.29, 0.717) is 42.8 Å². The van der Waals surface area contributed by atoms with Crippen molar-refractivity contribution in [2.45, 2.75) is 37.1 Å². The van der Waals surface area contributed by atoms with E-state index in [1.807, 2.05) is 0 Å². The van der Waals surface area contributed by atoms with Crippen molar-refractivity contribution in [2.75, 3.05) is 19.0 Å². The zero-order valence-corrected chi connectivity index (χ0v) is 17.2. The lowest BCUT2D eigenvalue weighted by Gasteiger charge is -2.23. The number of benzene rings is 2. The van der Waals surface area contributed by atoms with Crippen molar-refractivity contribution in [1.82, 2.24) is 4.31 Å². The molecule has 1 amide bonds. The maximum Gasteiger partial charge on any atom is 0.243 e. The second-order valence-corrected chi connectivity index (χ2v) is 8.68. The standard InChI is InChI=1S/C21H24N2O5S/c1-3-20(24)22-16-8-12-18(13-9-16)29(26,27)23-14-4-5-19(23)21(25)15-6-10-17(28-2)11-7-15/h6-13,19H,3-5,14H2,1-2H3,(H,22,24). The van der Waals surface area contributed by atoms with E-state index in [9.17, 15) is 18.0 Å². The molecule has 8 heteroatoms. The van der Waals surface area contributed by atoms with E-state index in [0.717, 1.165) is 0 Å². The molecule has 1 aliphatic heterocycles. The van der Waals surface area contributed by atoms with Gasteiger partial charge in [-0.05, 0) is 61.4 Å². The molecule has 0 aromatic heterocycles. The van der Waals surface area contributed by atoms with Crippen LogP contribution in [-0.2, 0) is 14.8 Å². The quantitative estimate of drug-likeness (QED) is 0.700. The van der Waals surface area contributed by atoms with E-state index in [-0.39, 0.29) is 16.6 Å². The number of carbonyl (C=O) groups is 2. The van der Waals surface area contributed by atoms with Gasteiger partial charge in [-0.1, -0.05) is 6.92 Å². The topological polar surface area (TPSA) is 92.8 Å². The minimum atomic E-state index is -3.83. The first-order chi connectivity index (χ1) is 13.9. The van der Waals surface area contributed by atoms with Crippen molar-refractivity contribution >= 4 is 27.4 Å². The van der Waals surface area contributed by atoms with Gasteiger partial charge in [-0.15, -0.1) is 0 Å². The highest BCUT2D eigenvalue weighted by Gasteiger charge is 2.39. The molecule has 1 saturated heterocycles. The third kappa shape index (κ3) is 4.49. The Morgan fingerprint density at radius 2 is 1.76 bits per heavy atom. The molecule has 0 aliphatic carbocycles. The Kier molecular flexibility index (Phi) is 6.34. The predicted molar refractivity (Wildman–Crippen MR) is 110 cm³/mol. The number of rotatable bonds is 7. The summed E-state index contributed by atoms with van der Waals surface area (Å²) in [6.07, 6.45) is 1.44. The van der Waals surface area contributed by atoms with Gasteiger partial charge in [-0.3, -0.25) is 9.59 Å². The largest absolute Gasteiger partial charge is 0.497 e. The molecule has 1 N–H and O–H groups in total. The lowest BCUT2D eigenvalue weighted by molar-refractivity contribution is -0.115. The number of carbonyl (C=O) groups excluding carboxylic acids is 2. The van der Waals surface area contributed by atoms with E-state index in [1.165, 1.54) is 16.4 Å². The fourth-order valence-electron chi connectivity index (χ4n) is 3.33. The van der Waals surface area contributed by atoms with Crippen LogP contribution in [-0.4, -0.2) is 44.1 Å². The second-order valence-electron chi connectivity index (χ2n) is 6.79. The predicted octanol–water partition coefficient (Wildman–Crippen LogP) is 3.08. The molecule has 29 heavy (non-hydrogen) atoms. The van der Waals surface area contributed by atoms with E-state index in [2.05, 4.69) is 5.32 Å². The number of nitrogens with one attached hydrogen (secondary N) is 1. The fraction of sp³-hybridized carbons (Fsp3) is 0.333. The number of nitrogens with zero attached hydrogens (tertiary/aromatic N) is 1. The lowest BCUT2D eigenvalue weighted by atomic mass is 10.0. The fourth-order valence-corrected chi connectivity index (χ4v) is 4.99. The summed E-state index contributed by atoms with van der Waals surface area (Å²) < 4.78 is 32.7. The smallest absolute Gasteiger partial charge is 0.243 e. The number of hydrogen-bond donors (Lipinski definition) is 1. The number of amides is 1. The first-order valence-electron chi connectivity index (χ1n) is 9.47. The van der Waals surface area contributed by atoms with Gasteiger partial charge >= 0.3 is 0 Å². The van der Waals surface area contributed by atoms with Gasteiger partial charge in [-0.25, -0.2) is 8.42 Å². The summed E-state index contributed by atoms with van der Waals surface area (Å²) in [6, 6.07) is 11.9. The molecule has 1 heterocycles. The van der Waals surface area contributed by atoms with Crippen molar-refractivity contribution in [2.24, 2.45) is 0 Å². The zero-order chi connectivity index (χ0) is 21.0. The van der Waals surface area contributed by atoms with E-state index in [1.54, 1.807) is 50.4 Å². The van der Waals surface area contributed by atoms with Crippen molar-refractivity contribution in [3.63, 3.8) is 0 Å². The number of ketones is 1. The molecule has 0 radical (unpaired) electrons. The lowest BCUT2D eigenvalue weighted by Crippen LogP contribution is -2.40. The number of hydrogen-bond acceptors (Lipinski definition) is 5. The van der Waals surface area contributed by atoms with Crippen LogP contribution < -0.4 is 10.1 Å². The SMILES string of the molecule is CCC(=O)Nc1ccc(S(=O)(=O)N2CCCC2C(=O)c2ccc(OC)cc2)cc1. The van der Waals surface area contributed by atoms with Crippen LogP contribution in [0.4, 0.5) is 5.69 Å². The summed E-state index contributed by atoms with van der Waals surface area (Å²) in [6.45, 7) is 2.03. The molecule has 0 saturated carbocycles. The molecule has 7 nitrogen and oxygen atoms in total. The average Bonchev–Trinajstić information content (AvgIpc) is 3.24. The van der Waals surface area contributed by atoms with E-state index < -0.39 is 16.1 Å². The Morgan fingerprint density at radius 1 is 1.10 bits per heavy atom. The summed E-state index contributed by atoms with van der Waals surface area (Å²) in [4.78, 5) is 24.5. The highest BCUT2D eigenvalue weighted by Crippen LogP contribution is 2.29. The van der Waals surface area contributed by atoms with Gasteiger partial charge in [0.15, 0.2) is 5.78 Å². The van der Waals surface area contributed by atoms with Crippen LogP contribution in [0, 0.1) is 0 Å². The Labute approximate surface area is 170 Å². The molecule has 3 rings (SSSR count). The Balaban J connectivity index is 1.81. The number of anilines is 1. The molecular weight excluding hydrogens is 392 g/mol. The molecule has 0 spiro atoms. The van der Waals surface area contributed by atoms with Crippen LogP contribution in [0.3, 0.4) is 0 Å². The first kappa shape index (κ1) is 21.0. The third-order valence-corrected chi connectivity index (χ3v) is 6.87. The maximum atomic E-state index is 13.1. The molecule has 2 aromatic rings. The molecule has 1 atom stereocenters. The molecule has 1 fully saturated rings. The van der Waals surface area contributed by atoms with Crippen molar-refractivity contribution in [3.05, 3.63) is 54.1 Å². The van der Waals surface area contributed by atoms with E-state index >= 15 is 0 Å². The number of methoxy groups -OCH3 is 1. The van der Waals surface area contributed by atoms with Crippen LogP contribution in [0.15, 0.2) is 53.4 Å². The average molecular weight is 416 g/mol. The monoisotopic (exact) mass is 416 g/mol. The minimum absolute atomic E-state index is 0.0985. The summed E-state index contributed by atoms with van der Waals surface area (Å²) >= 11 is 0. The molecule has 1 unspecified atom stereocenters. The summed E-state index contributed by atoms with van der Waals surface area (Å²) in [7, 11) is -2.29. The van der Waals surface area contributed by atoms with Crippen LogP contribution >= 0.6 is 0 Å². The van der Waals surface area contributed by atoms with Crippen molar-refractivity contribution in [3.8, 4) is 5.75 Å². The summed E-state index contributed by atoms with van der Waals surface area (Å²) in [5.74, 6) is 0.263. The second kappa shape index (κ2) is 8.75. The molecule has 154 valence electrons. The Morgan fingerprint density at radius 3 is 2.34 bits per heavy atom. The highest BCUT2D eigenvalue weighted by atomic mass is 32.2. The van der Waals surface area contributed by atoms with Gasteiger partial charge in [-0.2, -0.15) is 4.31 Å². The summed E-state index contributed by atoms with van der Waals surface area (Å²) in [5.41, 5.74) is 0.985. The van der Waals surface area contributed by atoms with Crippen LogP contribution in [0.5, 0.6) is 5.75 Å². The molecular formula is C21H24N2O5S. The Bertz CT molecular complexity index is 985. The highest BCUT2D eigenvalue weighted by molar-refractivity contribution is 7.89.